The van der Waals surface area contributed by atoms with Gasteiger partial charge in [-0.25, -0.2) is 15.0 Å². The van der Waals surface area contributed by atoms with Crippen LogP contribution in [0.25, 0.3) is 122 Å². The summed E-state index contributed by atoms with van der Waals surface area (Å²) in [5.41, 5.74) is 10.5. The summed E-state index contributed by atoms with van der Waals surface area (Å²) in [5.74, 6) is 1.78. The number of furan rings is 2. The highest BCUT2D eigenvalue weighted by Gasteiger charge is 2.19. The Labute approximate surface area is 332 Å². The van der Waals surface area contributed by atoms with Crippen LogP contribution >= 0.6 is 0 Å². The summed E-state index contributed by atoms with van der Waals surface area (Å²) in [7, 11) is 0. The van der Waals surface area contributed by atoms with Crippen LogP contribution in [0.3, 0.4) is 0 Å². The maximum absolute atomic E-state index is 6.34. The third-order valence-electron chi connectivity index (χ3n) is 11.3. The van der Waals surface area contributed by atoms with Gasteiger partial charge in [-0.15, -0.1) is 0 Å². The predicted molar refractivity (Wildman–Crippen MR) is 237 cm³/mol. The Morgan fingerprint density at radius 1 is 0.276 bits per heavy atom. The van der Waals surface area contributed by atoms with E-state index in [1.54, 1.807) is 0 Å². The smallest absolute Gasteiger partial charge is 0.164 e. The molecule has 0 amide bonds. The maximum atomic E-state index is 6.34. The molecule has 0 spiro atoms. The molecule has 0 unspecified atom stereocenters. The van der Waals surface area contributed by atoms with Crippen LogP contribution in [-0.4, -0.2) is 15.0 Å². The maximum Gasteiger partial charge on any atom is 0.164 e. The lowest BCUT2D eigenvalue weighted by Gasteiger charge is -2.13. The molecule has 0 saturated carbocycles. The topological polar surface area (TPSA) is 65.0 Å². The molecule has 0 aliphatic heterocycles. The first-order chi connectivity index (χ1) is 28.7. The van der Waals surface area contributed by atoms with Crippen LogP contribution in [-0.2, 0) is 0 Å². The highest BCUT2D eigenvalue weighted by molar-refractivity contribution is 6.16. The van der Waals surface area contributed by atoms with Crippen molar-refractivity contribution in [2.24, 2.45) is 0 Å². The molecular formula is C53H31N3O2. The minimum Gasteiger partial charge on any atom is -0.456 e. The molecule has 0 radical (unpaired) electrons. The van der Waals surface area contributed by atoms with E-state index in [0.717, 1.165) is 104 Å². The molecule has 0 atom stereocenters. The minimum absolute atomic E-state index is 0.592. The van der Waals surface area contributed by atoms with E-state index in [9.17, 15) is 0 Å². The molecule has 0 bridgehead atoms. The molecule has 0 aliphatic carbocycles. The first-order valence-corrected chi connectivity index (χ1v) is 19.4. The standard InChI is InChI=1S/C53H31N3O2/c1-2-12-32(13-3-1)33-15-10-16-36(26-33)51-54-52(37-25-24-34-29-45-41-18-6-8-21-46(41)58-49(45)31-38(34)28-37)56-53(55-51)39-27-35-14-4-5-17-40(35)44(30-39)42-20-11-23-48-50(42)43-19-7-9-22-47(43)57-48/h1-31H. The van der Waals surface area contributed by atoms with Crippen molar-refractivity contribution in [3.63, 3.8) is 0 Å². The zero-order valence-corrected chi connectivity index (χ0v) is 31.1. The summed E-state index contributed by atoms with van der Waals surface area (Å²) in [6, 6.07) is 65.2. The van der Waals surface area contributed by atoms with E-state index in [4.69, 9.17) is 23.8 Å². The molecule has 0 saturated heterocycles. The van der Waals surface area contributed by atoms with E-state index in [1.807, 2.05) is 36.4 Å². The molecule has 270 valence electrons. The normalized spacial score (nSPS) is 11.8. The van der Waals surface area contributed by atoms with Crippen LogP contribution in [0.1, 0.15) is 0 Å². The fourth-order valence-corrected chi connectivity index (χ4v) is 8.50. The minimum atomic E-state index is 0.592. The van der Waals surface area contributed by atoms with Crippen molar-refractivity contribution in [1.82, 2.24) is 15.0 Å². The number of benzene rings is 9. The molecule has 0 N–H and O–H groups in total. The van der Waals surface area contributed by atoms with Crippen molar-refractivity contribution in [2.75, 3.05) is 0 Å². The van der Waals surface area contributed by atoms with Crippen molar-refractivity contribution in [2.45, 2.75) is 0 Å². The molecule has 3 heterocycles. The second-order valence-electron chi connectivity index (χ2n) is 14.8. The van der Waals surface area contributed by atoms with Gasteiger partial charge in [-0.2, -0.15) is 0 Å². The predicted octanol–water partition coefficient (Wildman–Crippen LogP) is 14.3. The first kappa shape index (κ1) is 32.4. The number of fused-ring (bicyclic) bond motifs is 8. The Kier molecular flexibility index (Phi) is 7.16. The van der Waals surface area contributed by atoms with Crippen molar-refractivity contribution in [1.29, 1.82) is 0 Å². The molecule has 58 heavy (non-hydrogen) atoms. The van der Waals surface area contributed by atoms with Crippen LogP contribution in [0.2, 0.25) is 0 Å². The number of aromatic nitrogens is 3. The summed E-state index contributed by atoms with van der Waals surface area (Å²) >= 11 is 0. The van der Waals surface area contributed by atoms with Crippen LogP contribution in [0.4, 0.5) is 0 Å². The summed E-state index contributed by atoms with van der Waals surface area (Å²) < 4.78 is 12.6. The highest BCUT2D eigenvalue weighted by Crippen LogP contribution is 2.41. The molecule has 5 nitrogen and oxygen atoms in total. The van der Waals surface area contributed by atoms with Crippen molar-refractivity contribution in [3.8, 4) is 56.4 Å². The third-order valence-corrected chi connectivity index (χ3v) is 11.3. The number of rotatable bonds is 5. The van der Waals surface area contributed by atoms with E-state index in [0.29, 0.717) is 17.5 Å². The SMILES string of the molecule is c1ccc(-c2cccc(-c3nc(-c4ccc5cc6c(cc5c4)oc4ccccc46)nc(-c4cc(-c5cccc6oc7ccccc7c56)c5ccccc5c4)n3)c2)cc1. The van der Waals surface area contributed by atoms with Crippen molar-refractivity contribution >= 4 is 65.4 Å². The van der Waals surface area contributed by atoms with Crippen LogP contribution in [0, 0.1) is 0 Å². The lowest BCUT2D eigenvalue weighted by Crippen LogP contribution is -2.01. The van der Waals surface area contributed by atoms with Gasteiger partial charge in [0.15, 0.2) is 17.5 Å². The van der Waals surface area contributed by atoms with E-state index in [-0.39, 0.29) is 0 Å². The Morgan fingerprint density at radius 3 is 1.72 bits per heavy atom. The fraction of sp³-hybridized carbons (Fsp3) is 0. The summed E-state index contributed by atoms with van der Waals surface area (Å²) in [5, 5.41) is 8.78. The van der Waals surface area contributed by atoms with Gasteiger partial charge in [0.2, 0.25) is 0 Å². The lowest BCUT2D eigenvalue weighted by atomic mass is 9.92. The summed E-state index contributed by atoms with van der Waals surface area (Å²) in [6.45, 7) is 0. The number of nitrogens with zero attached hydrogens (tertiary/aromatic N) is 3. The largest absolute Gasteiger partial charge is 0.456 e. The van der Waals surface area contributed by atoms with E-state index in [2.05, 4.69) is 152 Å². The first-order valence-electron chi connectivity index (χ1n) is 19.4. The van der Waals surface area contributed by atoms with Crippen molar-refractivity contribution in [3.05, 3.63) is 188 Å². The molecule has 5 heteroatoms. The van der Waals surface area contributed by atoms with Crippen LogP contribution < -0.4 is 0 Å². The second-order valence-corrected chi connectivity index (χ2v) is 14.8. The van der Waals surface area contributed by atoms with Gasteiger partial charge in [0, 0.05) is 38.2 Å². The Hall–Kier alpha value is -7.89. The van der Waals surface area contributed by atoms with Crippen molar-refractivity contribution < 1.29 is 8.83 Å². The lowest BCUT2D eigenvalue weighted by molar-refractivity contribution is 0.669. The van der Waals surface area contributed by atoms with E-state index in [1.165, 1.54) is 0 Å². The summed E-state index contributed by atoms with van der Waals surface area (Å²) in [6.07, 6.45) is 0. The number of para-hydroxylation sites is 2. The molecular weight excluding hydrogens is 711 g/mol. The molecule has 0 fully saturated rings. The molecule has 0 aliphatic rings. The zero-order chi connectivity index (χ0) is 38.2. The van der Waals surface area contributed by atoms with Gasteiger partial charge in [0.05, 0.1) is 0 Å². The van der Waals surface area contributed by atoms with E-state index < -0.39 is 0 Å². The fourth-order valence-electron chi connectivity index (χ4n) is 8.50. The van der Waals surface area contributed by atoms with Gasteiger partial charge in [-0.1, -0.05) is 133 Å². The quantitative estimate of drug-likeness (QED) is 0.176. The average Bonchev–Trinajstić information content (AvgIpc) is 3.86. The molecule has 3 aromatic heterocycles. The molecule has 12 rings (SSSR count). The Morgan fingerprint density at radius 2 is 0.879 bits per heavy atom. The number of hydrogen-bond acceptors (Lipinski definition) is 5. The van der Waals surface area contributed by atoms with Gasteiger partial charge < -0.3 is 8.83 Å². The molecule has 12 aromatic rings. The van der Waals surface area contributed by atoms with Gasteiger partial charge in [-0.3, -0.25) is 0 Å². The van der Waals surface area contributed by atoms with Crippen LogP contribution in [0.5, 0.6) is 0 Å². The third kappa shape index (κ3) is 5.29. The van der Waals surface area contributed by atoms with Crippen LogP contribution in [0.15, 0.2) is 197 Å². The van der Waals surface area contributed by atoms with Gasteiger partial charge >= 0.3 is 0 Å². The van der Waals surface area contributed by atoms with Gasteiger partial charge in [0.1, 0.15) is 22.3 Å². The highest BCUT2D eigenvalue weighted by atomic mass is 16.3. The van der Waals surface area contributed by atoms with Gasteiger partial charge in [-0.05, 0) is 98.4 Å². The second kappa shape index (κ2) is 12.8. The number of hydrogen-bond donors (Lipinski definition) is 0. The van der Waals surface area contributed by atoms with Gasteiger partial charge in [0.25, 0.3) is 0 Å². The average molecular weight is 742 g/mol. The monoisotopic (exact) mass is 741 g/mol. The zero-order valence-electron chi connectivity index (χ0n) is 31.1. The summed E-state index contributed by atoms with van der Waals surface area (Å²) in [4.78, 5) is 15.7. The van der Waals surface area contributed by atoms with E-state index >= 15 is 0 Å². The molecule has 9 aromatic carbocycles. The Bertz CT molecular complexity index is 3580. The Balaban J connectivity index is 1.08.